The number of carboxylic acid groups (broad SMARTS) is 1. The van der Waals surface area contributed by atoms with Gasteiger partial charge in [-0.15, -0.1) is 0 Å². The van der Waals surface area contributed by atoms with E-state index in [1.165, 1.54) is 0 Å². The summed E-state index contributed by atoms with van der Waals surface area (Å²) in [6, 6.07) is 7.55. The van der Waals surface area contributed by atoms with Crippen molar-refractivity contribution in [2.45, 2.75) is 33.2 Å². The summed E-state index contributed by atoms with van der Waals surface area (Å²) in [5, 5.41) is 11.9. The van der Waals surface area contributed by atoms with Crippen LogP contribution in [0, 0.1) is 11.8 Å². The summed E-state index contributed by atoms with van der Waals surface area (Å²) >= 11 is 0. The van der Waals surface area contributed by atoms with E-state index in [0.29, 0.717) is 45.0 Å². The summed E-state index contributed by atoms with van der Waals surface area (Å²) in [4.78, 5) is 24.8. The van der Waals surface area contributed by atoms with Crippen LogP contribution in [0.25, 0.3) is 0 Å². The number of amides is 2. The molecule has 1 heterocycles. The lowest BCUT2D eigenvalue weighted by Crippen LogP contribution is -2.45. The molecule has 132 valence electrons. The Hall–Kier alpha value is -2.24. The number of urea groups is 1. The molecule has 6 nitrogen and oxygen atoms in total. The molecule has 1 aliphatic rings. The van der Waals surface area contributed by atoms with Crippen molar-refractivity contribution in [2.24, 2.45) is 11.8 Å². The number of likely N-dealkylation sites (tertiary alicyclic amines) is 1. The smallest absolute Gasteiger partial charge is 0.317 e. The van der Waals surface area contributed by atoms with Gasteiger partial charge in [0, 0.05) is 19.6 Å². The summed E-state index contributed by atoms with van der Waals surface area (Å²) < 4.78 is 5.69. The van der Waals surface area contributed by atoms with E-state index in [-0.39, 0.29) is 11.9 Å². The third kappa shape index (κ3) is 5.44. The van der Waals surface area contributed by atoms with Crippen molar-refractivity contribution in [3.05, 3.63) is 29.8 Å². The van der Waals surface area contributed by atoms with Crippen LogP contribution in [0.1, 0.15) is 32.3 Å². The van der Waals surface area contributed by atoms with Crippen LogP contribution >= 0.6 is 0 Å². The van der Waals surface area contributed by atoms with Crippen molar-refractivity contribution in [3.63, 3.8) is 0 Å². The number of piperidine rings is 1. The van der Waals surface area contributed by atoms with Crippen LogP contribution in [0.3, 0.4) is 0 Å². The SMILES string of the molecule is CC(C)COc1cccc(CNC(=O)N2CCC(C(=O)O)CC2)c1. The summed E-state index contributed by atoms with van der Waals surface area (Å²) in [6.07, 6.45) is 1.03. The molecule has 2 N–H and O–H groups in total. The molecule has 1 aliphatic heterocycles. The number of aliphatic carboxylic acids is 1. The van der Waals surface area contributed by atoms with Crippen molar-refractivity contribution in [2.75, 3.05) is 19.7 Å². The van der Waals surface area contributed by atoms with E-state index in [1.807, 2.05) is 24.3 Å². The fourth-order valence-electron chi connectivity index (χ4n) is 2.63. The first-order chi connectivity index (χ1) is 11.5. The molecule has 1 aromatic carbocycles. The minimum atomic E-state index is -0.770. The van der Waals surface area contributed by atoms with Gasteiger partial charge in [0.25, 0.3) is 0 Å². The number of hydrogen-bond acceptors (Lipinski definition) is 3. The molecule has 0 unspecified atom stereocenters. The van der Waals surface area contributed by atoms with Gasteiger partial charge in [0.2, 0.25) is 0 Å². The zero-order chi connectivity index (χ0) is 17.5. The van der Waals surface area contributed by atoms with Crippen LogP contribution in [0.2, 0.25) is 0 Å². The summed E-state index contributed by atoms with van der Waals surface area (Å²) in [5.41, 5.74) is 0.977. The number of nitrogens with zero attached hydrogens (tertiary/aromatic N) is 1. The largest absolute Gasteiger partial charge is 0.493 e. The Morgan fingerprint density at radius 1 is 1.33 bits per heavy atom. The van der Waals surface area contributed by atoms with Crippen molar-refractivity contribution in [3.8, 4) is 5.75 Å². The Morgan fingerprint density at radius 2 is 2.04 bits per heavy atom. The third-order valence-electron chi connectivity index (χ3n) is 4.06. The minimum Gasteiger partial charge on any atom is -0.493 e. The highest BCUT2D eigenvalue weighted by molar-refractivity contribution is 5.75. The van der Waals surface area contributed by atoms with E-state index in [4.69, 9.17) is 9.84 Å². The fraction of sp³-hybridized carbons (Fsp3) is 0.556. The predicted molar refractivity (Wildman–Crippen MR) is 90.9 cm³/mol. The van der Waals surface area contributed by atoms with Crippen LogP contribution in [-0.2, 0) is 11.3 Å². The van der Waals surface area contributed by atoms with Gasteiger partial charge in [0.05, 0.1) is 12.5 Å². The summed E-state index contributed by atoms with van der Waals surface area (Å²) in [5.74, 6) is 0.164. The minimum absolute atomic E-state index is 0.146. The monoisotopic (exact) mass is 334 g/mol. The maximum absolute atomic E-state index is 12.2. The fourth-order valence-corrected chi connectivity index (χ4v) is 2.63. The second-order valence-corrected chi connectivity index (χ2v) is 6.61. The van der Waals surface area contributed by atoms with Gasteiger partial charge in [-0.1, -0.05) is 26.0 Å². The second kappa shape index (κ2) is 8.57. The van der Waals surface area contributed by atoms with Crippen LogP contribution in [0.4, 0.5) is 4.79 Å². The van der Waals surface area contributed by atoms with Crippen molar-refractivity contribution in [1.82, 2.24) is 10.2 Å². The second-order valence-electron chi connectivity index (χ2n) is 6.61. The molecule has 0 aromatic heterocycles. The van der Waals surface area contributed by atoms with Crippen LogP contribution in [0.15, 0.2) is 24.3 Å². The van der Waals surface area contributed by atoms with Gasteiger partial charge in [-0.05, 0) is 36.5 Å². The summed E-state index contributed by atoms with van der Waals surface area (Å²) in [7, 11) is 0. The molecular weight excluding hydrogens is 308 g/mol. The van der Waals surface area contributed by atoms with Gasteiger partial charge >= 0.3 is 12.0 Å². The van der Waals surface area contributed by atoms with E-state index < -0.39 is 5.97 Å². The first-order valence-corrected chi connectivity index (χ1v) is 8.43. The maximum atomic E-state index is 12.2. The highest BCUT2D eigenvalue weighted by atomic mass is 16.5. The molecule has 0 spiro atoms. The Labute approximate surface area is 142 Å². The third-order valence-corrected chi connectivity index (χ3v) is 4.06. The standard InChI is InChI=1S/C18H26N2O4/c1-13(2)12-24-16-5-3-4-14(10-16)11-19-18(23)20-8-6-15(7-9-20)17(21)22/h3-5,10,13,15H,6-9,11-12H2,1-2H3,(H,19,23)(H,21,22). The number of ether oxygens (including phenoxy) is 1. The van der Waals surface area contributed by atoms with Crippen molar-refractivity contribution >= 4 is 12.0 Å². The normalized spacial score (nSPS) is 15.4. The Morgan fingerprint density at radius 3 is 2.67 bits per heavy atom. The van der Waals surface area contributed by atoms with Gasteiger partial charge in [0.1, 0.15) is 5.75 Å². The molecule has 0 atom stereocenters. The zero-order valence-electron chi connectivity index (χ0n) is 14.3. The average molecular weight is 334 g/mol. The molecule has 24 heavy (non-hydrogen) atoms. The van der Waals surface area contributed by atoms with Crippen molar-refractivity contribution in [1.29, 1.82) is 0 Å². The molecule has 2 amide bonds. The number of carbonyl (C=O) groups excluding carboxylic acids is 1. The molecule has 2 rings (SSSR count). The Bertz CT molecular complexity index is 566. The molecule has 1 fully saturated rings. The summed E-state index contributed by atoms with van der Waals surface area (Å²) in [6.45, 7) is 6.25. The van der Waals surface area contributed by atoms with Gasteiger partial charge in [-0.25, -0.2) is 4.79 Å². The lowest BCUT2D eigenvalue weighted by atomic mass is 9.97. The van der Waals surface area contributed by atoms with E-state index in [9.17, 15) is 9.59 Å². The number of rotatable bonds is 6. The van der Waals surface area contributed by atoms with E-state index >= 15 is 0 Å². The first-order valence-electron chi connectivity index (χ1n) is 8.43. The molecule has 1 saturated heterocycles. The molecule has 0 radical (unpaired) electrons. The van der Waals surface area contributed by atoms with Gasteiger partial charge in [-0.2, -0.15) is 0 Å². The Kier molecular flexibility index (Phi) is 6.46. The maximum Gasteiger partial charge on any atom is 0.317 e. The number of hydrogen-bond donors (Lipinski definition) is 2. The van der Waals surface area contributed by atoms with Crippen LogP contribution in [0.5, 0.6) is 5.75 Å². The number of benzene rings is 1. The van der Waals surface area contributed by atoms with Gasteiger partial charge in [-0.3, -0.25) is 4.79 Å². The highest BCUT2D eigenvalue weighted by Crippen LogP contribution is 2.18. The average Bonchev–Trinajstić information content (AvgIpc) is 2.58. The molecule has 0 bridgehead atoms. The van der Waals surface area contributed by atoms with Gasteiger partial charge < -0.3 is 20.1 Å². The van der Waals surface area contributed by atoms with E-state index in [0.717, 1.165) is 11.3 Å². The van der Waals surface area contributed by atoms with E-state index in [1.54, 1.807) is 4.90 Å². The molecule has 0 saturated carbocycles. The molecule has 0 aliphatic carbocycles. The van der Waals surface area contributed by atoms with Crippen LogP contribution in [-0.4, -0.2) is 41.7 Å². The van der Waals surface area contributed by atoms with Crippen LogP contribution < -0.4 is 10.1 Å². The van der Waals surface area contributed by atoms with Gasteiger partial charge in [0.15, 0.2) is 0 Å². The molecule has 6 heteroatoms. The van der Waals surface area contributed by atoms with E-state index in [2.05, 4.69) is 19.2 Å². The molecular formula is C18H26N2O4. The molecule has 1 aromatic rings. The number of nitrogens with one attached hydrogen (secondary N) is 1. The topological polar surface area (TPSA) is 78.9 Å². The lowest BCUT2D eigenvalue weighted by Gasteiger charge is -2.30. The van der Waals surface area contributed by atoms with Crippen molar-refractivity contribution < 1.29 is 19.4 Å². The number of carboxylic acids is 1. The Balaban J connectivity index is 1.79. The zero-order valence-corrected chi connectivity index (χ0v) is 14.3. The predicted octanol–water partition coefficient (Wildman–Crippen LogP) is 2.73. The number of carbonyl (C=O) groups is 2. The first kappa shape index (κ1) is 18.1. The quantitative estimate of drug-likeness (QED) is 0.838. The highest BCUT2D eigenvalue weighted by Gasteiger charge is 2.26. The lowest BCUT2D eigenvalue weighted by molar-refractivity contribution is -0.143.